The second kappa shape index (κ2) is 10.4. The summed E-state index contributed by atoms with van der Waals surface area (Å²) >= 11 is 0. The minimum absolute atomic E-state index is 0.156. The Bertz CT molecular complexity index is 992. The van der Waals surface area contributed by atoms with Gasteiger partial charge in [0.05, 0.1) is 17.9 Å². The fraction of sp³-hybridized carbons (Fsp3) is 0.364. The molecule has 10 heteroatoms. The van der Waals surface area contributed by atoms with Crippen molar-refractivity contribution in [1.82, 2.24) is 4.90 Å². The van der Waals surface area contributed by atoms with Crippen LogP contribution in [0.5, 0.6) is 0 Å². The quantitative estimate of drug-likeness (QED) is 0.226. The van der Waals surface area contributed by atoms with Gasteiger partial charge in [0.1, 0.15) is 6.61 Å². The Morgan fingerprint density at radius 2 is 1.81 bits per heavy atom. The van der Waals surface area contributed by atoms with E-state index in [0.29, 0.717) is 30.8 Å². The Morgan fingerprint density at radius 1 is 1.16 bits per heavy atom. The van der Waals surface area contributed by atoms with Crippen LogP contribution in [0.3, 0.4) is 0 Å². The molecule has 0 radical (unpaired) electrons. The number of oxime groups is 1. The SMILES string of the molecule is CC(=NOCCc1ccccc1)c1ccc(C(=O)N2CCC(N)(COP(=O)(O)O)C2)cc1. The molecule has 1 fully saturated rings. The van der Waals surface area contributed by atoms with Crippen molar-refractivity contribution in [3.63, 3.8) is 0 Å². The monoisotopic (exact) mass is 461 g/mol. The molecule has 0 aliphatic carbocycles. The van der Waals surface area contributed by atoms with Gasteiger partial charge in [0.2, 0.25) is 0 Å². The molecule has 0 spiro atoms. The smallest absolute Gasteiger partial charge is 0.395 e. The first-order valence-corrected chi connectivity index (χ1v) is 11.8. The molecular formula is C22H28N3O6P. The van der Waals surface area contributed by atoms with Crippen LogP contribution in [0.4, 0.5) is 0 Å². The first kappa shape index (κ1) is 24.1. The topological polar surface area (TPSA) is 135 Å². The summed E-state index contributed by atoms with van der Waals surface area (Å²) in [6, 6.07) is 17.0. The van der Waals surface area contributed by atoms with Crippen molar-refractivity contribution >= 4 is 19.4 Å². The molecule has 9 nitrogen and oxygen atoms in total. The van der Waals surface area contributed by atoms with Crippen molar-refractivity contribution in [2.45, 2.75) is 25.3 Å². The summed E-state index contributed by atoms with van der Waals surface area (Å²) < 4.78 is 15.5. The van der Waals surface area contributed by atoms with Gasteiger partial charge in [0.25, 0.3) is 5.91 Å². The van der Waals surface area contributed by atoms with Crippen molar-refractivity contribution in [2.24, 2.45) is 10.9 Å². The maximum atomic E-state index is 12.8. The minimum Gasteiger partial charge on any atom is -0.395 e. The van der Waals surface area contributed by atoms with E-state index in [0.717, 1.165) is 12.0 Å². The molecule has 1 aliphatic heterocycles. The van der Waals surface area contributed by atoms with E-state index in [1.54, 1.807) is 29.2 Å². The number of phosphoric ester groups is 1. The van der Waals surface area contributed by atoms with Crippen LogP contribution in [-0.2, 0) is 20.3 Å². The number of nitrogens with two attached hydrogens (primary N) is 1. The lowest BCUT2D eigenvalue weighted by Gasteiger charge is -2.24. The molecule has 1 amide bonds. The summed E-state index contributed by atoms with van der Waals surface area (Å²) in [5.41, 5.74) is 8.36. The van der Waals surface area contributed by atoms with Crippen LogP contribution in [-0.4, -0.2) is 58.1 Å². The summed E-state index contributed by atoms with van der Waals surface area (Å²) in [5, 5.41) is 4.15. The highest BCUT2D eigenvalue weighted by Crippen LogP contribution is 2.37. The van der Waals surface area contributed by atoms with E-state index >= 15 is 0 Å². The molecule has 0 bridgehead atoms. The number of hydrogen-bond acceptors (Lipinski definition) is 6. The van der Waals surface area contributed by atoms with E-state index in [1.807, 2.05) is 37.3 Å². The summed E-state index contributed by atoms with van der Waals surface area (Å²) in [4.78, 5) is 37.5. The van der Waals surface area contributed by atoms with E-state index in [4.69, 9.17) is 20.4 Å². The maximum Gasteiger partial charge on any atom is 0.469 e. The molecule has 172 valence electrons. The van der Waals surface area contributed by atoms with Crippen molar-refractivity contribution in [2.75, 3.05) is 26.3 Å². The van der Waals surface area contributed by atoms with Crippen LogP contribution in [0, 0.1) is 0 Å². The summed E-state index contributed by atoms with van der Waals surface area (Å²) in [6.45, 7) is 2.53. The summed E-state index contributed by atoms with van der Waals surface area (Å²) in [7, 11) is -4.61. The zero-order valence-corrected chi connectivity index (χ0v) is 18.8. The average molecular weight is 461 g/mol. The molecule has 0 saturated carbocycles. The molecule has 4 N–H and O–H groups in total. The average Bonchev–Trinajstić information content (AvgIpc) is 3.18. The minimum atomic E-state index is -4.61. The first-order valence-electron chi connectivity index (χ1n) is 10.2. The molecule has 3 rings (SSSR count). The number of rotatable bonds is 9. The molecule has 1 saturated heterocycles. The predicted octanol–water partition coefficient (Wildman–Crippen LogP) is 2.32. The van der Waals surface area contributed by atoms with Crippen LogP contribution >= 0.6 is 7.82 Å². The molecule has 0 aromatic heterocycles. The third kappa shape index (κ3) is 6.98. The standard InChI is InChI=1S/C22H28N3O6P/c1-17(24-30-14-11-18-5-3-2-4-6-18)19-7-9-20(10-8-19)21(26)25-13-12-22(23,15-25)16-31-32(27,28)29/h2-10H,11-16,23H2,1H3,(H2,27,28,29). The molecule has 2 aromatic rings. The highest BCUT2D eigenvalue weighted by Gasteiger charge is 2.38. The Labute approximate surface area is 187 Å². The van der Waals surface area contributed by atoms with Crippen molar-refractivity contribution in [1.29, 1.82) is 0 Å². The van der Waals surface area contributed by atoms with Gasteiger partial charge in [-0.15, -0.1) is 0 Å². The third-order valence-corrected chi connectivity index (χ3v) is 5.73. The fourth-order valence-electron chi connectivity index (χ4n) is 3.44. The first-order chi connectivity index (χ1) is 15.2. The van der Waals surface area contributed by atoms with Crippen LogP contribution < -0.4 is 5.73 Å². The number of hydrogen-bond donors (Lipinski definition) is 3. The Hall–Kier alpha value is -2.55. The predicted molar refractivity (Wildman–Crippen MR) is 120 cm³/mol. The number of likely N-dealkylation sites (tertiary alicyclic amines) is 1. The Balaban J connectivity index is 1.52. The molecule has 1 unspecified atom stereocenters. The van der Waals surface area contributed by atoms with E-state index in [9.17, 15) is 9.36 Å². The number of amides is 1. The number of phosphoric acid groups is 1. The van der Waals surface area contributed by atoms with Gasteiger partial charge in [0, 0.05) is 25.1 Å². The fourth-order valence-corrected chi connectivity index (χ4v) is 3.86. The van der Waals surface area contributed by atoms with E-state index in [2.05, 4.69) is 9.68 Å². The largest absolute Gasteiger partial charge is 0.469 e. The second-order valence-electron chi connectivity index (χ2n) is 7.93. The van der Waals surface area contributed by atoms with Gasteiger partial charge in [-0.3, -0.25) is 9.32 Å². The van der Waals surface area contributed by atoms with E-state index in [-0.39, 0.29) is 19.1 Å². The van der Waals surface area contributed by atoms with Gasteiger partial charge in [-0.2, -0.15) is 0 Å². The van der Waals surface area contributed by atoms with Gasteiger partial charge in [-0.1, -0.05) is 47.6 Å². The van der Waals surface area contributed by atoms with Crippen LogP contribution in [0.15, 0.2) is 59.8 Å². The Kier molecular flexibility index (Phi) is 7.82. The van der Waals surface area contributed by atoms with Crippen molar-refractivity contribution in [3.8, 4) is 0 Å². The van der Waals surface area contributed by atoms with Gasteiger partial charge >= 0.3 is 7.82 Å². The number of carbonyl (C=O) groups is 1. The van der Waals surface area contributed by atoms with Gasteiger partial charge in [-0.05, 0) is 36.6 Å². The molecule has 1 aliphatic rings. The molecule has 32 heavy (non-hydrogen) atoms. The molecule has 1 atom stereocenters. The highest BCUT2D eigenvalue weighted by molar-refractivity contribution is 7.46. The van der Waals surface area contributed by atoms with E-state index < -0.39 is 13.4 Å². The lowest BCUT2D eigenvalue weighted by atomic mass is 10.0. The summed E-state index contributed by atoms with van der Waals surface area (Å²) in [6.07, 6.45) is 1.16. The van der Waals surface area contributed by atoms with Crippen LogP contribution in [0.25, 0.3) is 0 Å². The number of nitrogens with zero attached hydrogens (tertiary/aromatic N) is 2. The maximum absolute atomic E-state index is 12.8. The lowest BCUT2D eigenvalue weighted by molar-refractivity contribution is 0.0774. The number of benzene rings is 2. The van der Waals surface area contributed by atoms with Crippen molar-refractivity contribution < 1.29 is 28.5 Å². The van der Waals surface area contributed by atoms with E-state index in [1.165, 1.54) is 5.56 Å². The van der Waals surface area contributed by atoms with Gasteiger partial charge in [-0.25, -0.2) is 4.57 Å². The lowest BCUT2D eigenvalue weighted by Crippen LogP contribution is -2.47. The zero-order chi connectivity index (χ0) is 23.2. The van der Waals surface area contributed by atoms with Crippen molar-refractivity contribution in [3.05, 3.63) is 71.3 Å². The van der Waals surface area contributed by atoms with Crippen LogP contribution in [0.2, 0.25) is 0 Å². The molecule has 2 aromatic carbocycles. The molecule has 1 heterocycles. The van der Waals surface area contributed by atoms with Crippen LogP contribution in [0.1, 0.15) is 34.8 Å². The number of carbonyl (C=O) groups excluding carboxylic acids is 1. The Morgan fingerprint density at radius 3 is 2.47 bits per heavy atom. The normalized spacial score (nSPS) is 19.2. The van der Waals surface area contributed by atoms with Gasteiger partial charge in [0.15, 0.2) is 0 Å². The highest BCUT2D eigenvalue weighted by atomic mass is 31.2. The molecular weight excluding hydrogens is 433 g/mol. The summed E-state index contributed by atoms with van der Waals surface area (Å²) in [5.74, 6) is -0.200. The van der Waals surface area contributed by atoms with Gasteiger partial charge < -0.3 is 25.3 Å². The second-order valence-corrected chi connectivity index (χ2v) is 9.17. The third-order valence-electron chi connectivity index (χ3n) is 5.27. The zero-order valence-electron chi connectivity index (χ0n) is 17.9.